The van der Waals surface area contributed by atoms with E-state index in [1.165, 1.54) is 12.1 Å². The van der Waals surface area contributed by atoms with E-state index >= 15 is 0 Å². The van der Waals surface area contributed by atoms with Crippen molar-refractivity contribution in [1.29, 1.82) is 0 Å². The van der Waals surface area contributed by atoms with Gasteiger partial charge in [0.05, 0.1) is 11.7 Å². The van der Waals surface area contributed by atoms with Crippen LogP contribution in [0, 0.1) is 0 Å². The Morgan fingerprint density at radius 2 is 1.59 bits per heavy atom. The fourth-order valence-corrected chi connectivity index (χ4v) is 2.27. The molecule has 22 heavy (non-hydrogen) atoms. The van der Waals surface area contributed by atoms with E-state index in [1.807, 2.05) is 18.2 Å². The summed E-state index contributed by atoms with van der Waals surface area (Å²) < 4.78 is 38.8. The van der Waals surface area contributed by atoms with Crippen LogP contribution in [-0.2, 0) is 12.7 Å². The molecule has 0 aromatic heterocycles. The summed E-state index contributed by atoms with van der Waals surface area (Å²) in [6, 6.07) is 14.1. The largest absolute Gasteiger partial charge is 0.416 e. The fraction of sp³-hybridized carbons (Fsp3) is 0.294. The zero-order valence-corrected chi connectivity index (χ0v) is 12.1. The zero-order chi connectivity index (χ0) is 16.2. The standard InChI is InChI=1S/C17H18F3NO/c1-12(16(22)13-7-3-2-4-8-13)21-11-14-9-5-6-10-15(14)17(18,19)20/h2-10,12,16,21-22H,11H2,1H3/t12-,16+/m1/s1. The highest BCUT2D eigenvalue weighted by atomic mass is 19.4. The lowest BCUT2D eigenvalue weighted by Gasteiger charge is -2.22. The second kappa shape index (κ2) is 6.94. The van der Waals surface area contributed by atoms with Crippen LogP contribution >= 0.6 is 0 Å². The van der Waals surface area contributed by atoms with Crippen LogP contribution in [0.5, 0.6) is 0 Å². The molecule has 5 heteroatoms. The molecule has 2 N–H and O–H groups in total. The number of aliphatic hydroxyl groups excluding tert-OH is 1. The van der Waals surface area contributed by atoms with Gasteiger partial charge in [0.1, 0.15) is 0 Å². The molecule has 0 aliphatic carbocycles. The highest BCUT2D eigenvalue weighted by Gasteiger charge is 2.32. The van der Waals surface area contributed by atoms with E-state index in [9.17, 15) is 18.3 Å². The van der Waals surface area contributed by atoms with Crippen LogP contribution < -0.4 is 5.32 Å². The van der Waals surface area contributed by atoms with E-state index < -0.39 is 17.8 Å². The Morgan fingerprint density at radius 1 is 1.00 bits per heavy atom. The number of hydrogen-bond acceptors (Lipinski definition) is 2. The smallest absolute Gasteiger partial charge is 0.387 e. The summed E-state index contributed by atoms with van der Waals surface area (Å²) in [5, 5.41) is 13.2. The van der Waals surface area contributed by atoms with Gasteiger partial charge in [-0.05, 0) is 24.1 Å². The SMILES string of the molecule is C[C@@H](NCc1ccccc1C(F)(F)F)[C@H](O)c1ccccc1. The number of nitrogens with one attached hydrogen (secondary N) is 1. The van der Waals surface area contributed by atoms with E-state index in [0.717, 1.165) is 11.6 Å². The van der Waals surface area contributed by atoms with Crippen molar-refractivity contribution in [2.45, 2.75) is 31.8 Å². The van der Waals surface area contributed by atoms with Crippen molar-refractivity contribution in [3.05, 3.63) is 71.3 Å². The highest BCUT2D eigenvalue weighted by molar-refractivity contribution is 5.29. The molecule has 118 valence electrons. The van der Waals surface area contributed by atoms with E-state index in [-0.39, 0.29) is 18.2 Å². The summed E-state index contributed by atoms with van der Waals surface area (Å²) in [7, 11) is 0. The van der Waals surface area contributed by atoms with Crippen molar-refractivity contribution in [3.8, 4) is 0 Å². The van der Waals surface area contributed by atoms with Crippen molar-refractivity contribution < 1.29 is 18.3 Å². The van der Waals surface area contributed by atoms with Gasteiger partial charge in [-0.25, -0.2) is 0 Å². The molecule has 0 unspecified atom stereocenters. The van der Waals surface area contributed by atoms with E-state index in [0.29, 0.717) is 0 Å². The molecular formula is C17H18F3NO. The van der Waals surface area contributed by atoms with Gasteiger partial charge >= 0.3 is 6.18 Å². The van der Waals surface area contributed by atoms with Gasteiger partial charge < -0.3 is 10.4 Å². The monoisotopic (exact) mass is 309 g/mol. The number of rotatable bonds is 5. The first-order chi connectivity index (χ1) is 10.4. The maximum absolute atomic E-state index is 12.9. The first-order valence-corrected chi connectivity index (χ1v) is 7.01. The van der Waals surface area contributed by atoms with Crippen molar-refractivity contribution in [1.82, 2.24) is 5.32 Å². The minimum atomic E-state index is -4.38. The van der Waals surface area contributed by atoms with Gasteiger partial charge in [-0.15, -0.1) is 0 Å². The lowest BCUT2D eigenvalue weighted by Crippen LogP contribution is -2.32. The molecule has 0 spiro atoms. The van der Waals surface area contributed by atoms with E-state index in [4.69, 9.17) is 0 Å². The molecule has 0 bridgehead atoms. The first kappa shape index (κ1) is 16.5. The van der Waals surface area contributed by atoms with Crippen LogP contribution in [-0.4, -0.2) is 11.1 Å². The van der Waals surface area contributed by atoms with Crippen molar-refractivity contribution in [2.24, 2.45) is 0 Å². The molecular weight excluding hydrogens is 291 g/mol. The Bertz CT molecular complexity index is 598. The van der Waals surface area contributed by atoms with Gasteiger partial charge in [-0.1, -0.05) is 48.5 Å². The second-order valence-corrected chi connectivity index (χ2v) is 5.18. The summed E-state index contributed by atoms with van der Waals surface area (Å²) >= 11 is 0. The Kier molecular flexibility index (Phi) is 5.21. The van der Waals surface area contributed by atoms with Crippen molar-refractivity contribution >= 4 is 0 Å². The molecule has 0 heterocycles. The first-order valence-electron chi connectivity index (χ1n) is 7.01. The number of hydrogen-bond donors (Lipinski definition) is 2. The third kappa shape index (κ3) is 4.08. The average molecular weight is 309 g/mol. The predicted molar refractivity (Wildman–Crippen MR) is 79.1 cm³/mol. The topological polar surface area (TPSA) is 32.3 Å². The minimum Gasteiger partial charge on any atom is -0.387 e. The predicted octanol–water partition coefficient (Wildman–Crippen LogP) is 3.92. The third-order valence-corrected chi connectivity index (χ3v) is 3.55. The maximum atomic E-state index is 12.9. The van der Waals surface area contributed by atoms with Crippen LogP contribution in [0.2, 0.25) is 0 Å². The van der Waals surface area contributed by atoms with Crippen LogP contribution in [0.4, 0.5) is 13.2 Å². The summed E-state index contributed by atoms with van der Waals surface area (Å²) in [4.78, 5) is 0. The molecule has 2 aromatic rings. The Morgan fingerprint density at radius 3 is 2.23 bits per heavy atom. The quantitative estimate of drug-likeness (QED) is 0.877. The molecule has 0 saturated carbocycles. The summed E-state index contributed by atoms with van der Waals surface area (Å²) in [5.74, 6) is 0. The van der Waals surface area contributed by atoms with Gasteiger partial charge in [0, 0.05) is 12.6 Å². The third-order valence-electron chi connectivity index (χ3n) is 3.55. The summed E-state index contributed by atoms with van der Waals surface area (Å²) in [6.07, 6.45) is -5.15. The number of aliphatic hydroxyl groups is 1. The lowest BCUT2D eigenvalue weighted by atomic mass is 10.0. The number of alkyl halides is 3. The maximum Gasteiger partial charge on any atom is 0.416 e. The molecule has 0 amide bonds. The Balaban J connectivity index is 2.04. The van der Waals surface area contributed by atoms with Gasteiger partial charge in [0.25, 0.3) is 0 Å². The molecule has 2 atom stereocenters. The van der Waals surface area contributed by atoms with Gasteiger partial charge in [0.2, 0.25) is 0 Å². The summed E-state index contributed by atoms with van der Waals surface area (Å²) in [6.45, 7) is 1.79. The zero-order valence-electron chi connectivity index (χ0n) is 12.1. The molecule has 2 nitrogen and oxygen atoms in total. The fourth-order valence-electron chi connectivity index (χ4n) is 2.27. The Hall–Kier alpha value is -1.85. The van der Waals surface area contributed by atoms with Crippen LogP contribution in [0.3, 0.4) is 0 Å². The number of halogens is 3. The molecule has 0 aliphatic heterocycles. The minimum absolute atomic E-state index is 0.0424. The van der Waals surface area contributed by atoms with Crippen molar-refractivity contribution in [2.75, 3.05) is 0 Å². The van der Waals surface area contributed by atoms with Crippen LogP contribution in [0.1, 0.15) is 29.7 Å². The molecule has 2 aromatic carbocycles. The summed E-state index contributed by atoms with van der Waals surface area (Å²) in [5.41, 5.74) is 0.248. The highest BCUT2D eigenvalue weighted by Crippen LogP contribution is 2.31. The van der Waals surface area contributed by atoms with E-state index in [2.05, 4.69) is 5.32 Å². The Labute approximate surface area is 127 Å². The molecule has 2 rings (SSSR count). The van der Waals surface area contributed by atoms with Gasteiger partial charge in [-0.2, -0.15) is 13.2 Å². The normalized spacial score (nSPS) is 14.6. The second-order valence-electron chi connectivity index (χ2n) is 5.18. The van der Waals surface area contributed by atoms with Gasteiger partial charge in [0.15, 0.2) is 0 Å². The van der Waals surface area contributed by atoms with E-state index in [1.54, 1.807) is 25.1 Å². The molecule has 0 fully saturated rings. The van der Waals surface area contributed by atoms with Crippen molar-refractivity contribution in [3.63, 3.8) is 0 Å². The number of benzene rings is 2. The lowest BCUT2D eigenvalue weighted by molar-refractivity contribution is -0.138. The average Bonchev–Trinajstić information content (AvgIpc) is 2.52. The van der Waals surface area contributed by atoms with Crippen LogP contribution in [0.15, 0.2) is 54.6 Å². The molecule has 0 radical (unpaired) electrons. The molecule has 0 saturated heterocycles. The van der Waals surface area contributed by atoms with Gasteiger partial charge in [-0.3, -0.25) is 0 Å². The molecule has 0 aliphatic rings. The van der Waals surface area contributed by atoms with Crippen LogP contribution in [0.25, 0.3) is 0 Å².